The molecule has 43 heavy (non-hydrogen) atoms. The molecule has 2 aliphatic carbocycles. The normalized spacial score (nSPS) is 23.7. The largest absolute Gasteiger partial charge is 0.419 e. The highest BCUT2D eigenvalue weighted by Gasteiger charge is 2.39. The summed E-state index contributed by atoms with van der Waals surface area (Å²) in [5, 5.41) is 0. The lowest BCUT2D eigenvalue weighted by Gasteiger charge is -2.38. The lowest BCUT2D eigenvalue weighted by molar-refractivity contribution is -0.140. The number of rotatable bonds is 12. The first-order chi connectivity index (χ1) is 20.6. The van der Waals surface area contributed by atoms with Crippen LogP contribution in [0.3, 0.4) is 0 Å². The summed E-state index contributed by atoms with van der Waals surface area (Å²) in [7, 11) is 0. The van der Waals surface area contributed by atoms with E-state index < -0.39 is 34.8 Å². The summed E-state index contributed by atoms with van der Waals surface area (Å²) in [6, 6.07) is 8.21. The monoisotopic (exact) mass is 606 g/mol. The van der Waals surface area contributed by atoms with Gasteiger partial charge in [-0.05, 0) is 92.2 Å². The smallest absolute Gasteiger partial charge is 0.206 e. The quantitative estimate of drug-likeness (QED) is 0.128. The molecule has 0 spiro atoms. The van der Waals surface area contributed by atoms with Crippen molar-refractivity contribution in [2.45, 2.75) is 123 Å². The molecule has 2 aromatic rings. The number of halogens is 6. The molecular formula is C37H48F6. The van der Waals surface area contributed by atoms with E-state index in [0.29, 0.717) is 18.3 Å². The molecule has 0 heterocycles. The van der Waals surface area contributed by atoms with Crippen LogP contribution in [0.4, 0.5) is 26.3 Å². The molecule has 2 aliphatic rings. The molecule has 0 saturated heterocycles. The molecule has 6 heteroatoms. The number of unbranched alkanes of at least 4 members (excludes halogenated alkanes) is 2. The summed E-state index contributed by atoms with van der Waals surface area (Å²) in [4.78, 5) is 0. The highest BCUT2D eigenvalue weighted by Crippen LogP contribution is 2.44. The fraction of sp³-hybridized carbons (Fsp3) is 0.622. The Hall–Kier alpha value is -2.24. The molecule has 2 saturated carbocycles. The first kappa shape index (κ1) is 33.6. The van der Waals surface area contributed by atoms with Gasteiger partial charge in [-0.1, -0.05) is 95.5 Å². The molecular weight excluding hydrogens is 558 g/mol. The van der Waals surface area contributed by atoms with E-state index in [1.807, 2.05) is 0 Å². The standard InChI is InChI=1S/C37H48F6/c1-3-5-6-8-26-14-21-31(22-15-26)34(38)36(40)32-24-23-30(33(35(32)39)37(41,42)43)20-13-27-11-18-29(19-12-27)28-16-9-25(7-4-2)10-17-28/h14-15,21-25,27-29H,3-13,16-20H2,1-2H3/b36-34+. The lowest BCUT2D eigenvalue weighted by atomic mass is 9.68. The molecule has 0 amide bonds. The first-order valence-electron chi connectivity index (χ1n) is 16.7. The van der Waals surface area contributed by atoms with Crippen LogP contribution in [-0.2, 0) is 19.0 Å². The molecule has 0 aliphatic heterocycles. The van der Waals surface area contributed by atoms with Crippen LogP contribution in [0.2, 0.25) is 0 Å². The van der Waals surface area contributed by atoms with Crippen LogP contribution in [0.15, 0.2) is 36.4 Å². The van der Waals surface area contributed by atoms with E-state index in [2.05, 4.69) is 13.8 Å². The number of hydrogen-bond acceptors (Lipinski definition) is 0. The second-order valence-electron chi connectivity index (χ2n) is 13.1. The Bertz CT molecular complexity index is 1180. The number of alkyl halides is 3. The van der Waals surface area contributed by atoms with Crippen molar-refractivity contribution in [3.63, 3.8) is 0 Å². The van der Waals surface area contributed by atoms with Gasteiger partial charge in [0.25, 0.3) is 0 Å². The van der Waals surface area contributed by atoms with E-state index in [-0.39, 0.29) is 17.5 Å². The van der Waals surface area contributed by atoms with E-state index in [1.165, 1.54) is 50.7 Å². The zero-order chi connectivity index (χ0) is 31.0. The Morgan fingerprint density at radius 2 is 1.26 bits per heavy atom. The molecule has 0 atom stereocenters. The van der Waals surface area contributed by atoms with Crippen LogP contribution in [0.5, 0.6) is 0 Å². The minimum atomic E-state index is -5.01. The lowest BCUT2D eigenvalue weighted by Crippen LogP contribution is -2.26. The average Bonchev–Trinajstić information content (AvgIpc) is 3.00. The predicted molar refractivity (Wildman–Crippen MR) is 164 cm³/mol. The van der Waals surface area contributed by atoms with Crippen LogP contribution >= 0.6 is 0 Å². The minimum Gasteiger partial charge on any atom is -0.206 e. The molecule has 0 N–H and O–H groups in total. The Kier molecular flexibility index (Phi) is 12.3. The van der Waals surface area contributed by atoms with Crippen LogP contribution in [0, 0.1) is 29.5 Å². The van der Waals surface area contributed by atoms with Gasteiger partial charge in [-0.2, -0.15) is 13.2 Å². The third-order valence-electron chi connectivity index (χ3n) is 10.2. The van der Waals surface area contributed by atoms with Gasteiger partial charge in [-0.3, -0.25) is 0 Å². The molecule has 0 aromatic heterocycles. The Morgan fingerprint density at radius 1 is 0.674 bits per heavy atom. The second-order valence-corrected chi connectivity index (χ2v) is 13.1. The summed E-state index contributed by atoms with van der Waals surface area (Å²) in [6.45, 7) is 4.34. The van der Waals surface area contributed by atoms with Gasteiger partial charge < -0.3 is 0 Å². The zero-order valence-corrected chi connectivity index (χ0v) is 25.9. The van der Waals surface area contributed by atoms with Crippen molar-refractivity contribution >= 4 is 11.7 Å². The van der Waals surface area contributed by atoms with Gasteiger partial charge in [0, 0.05) is 11.1 Å². The third kappa shape index (κ3) is 8.91. The number of aryl methyl sites for hydroxylation is 2. The molecule has 0 unspecified atom stereocenters. The summed E-state index contributed by atoms with van der Waals surface area (Å²) < 4.78 is 87.7. The van der Waals surface area contributed by atoms with Crippen molar-refractivity contribution in [1.29, 1.82) is 0 Å². The maximum Gasteiger partial charge on any atom is 0.419 e. The molecule has 2 aromatic carbocycles. The molecule has 0 bridgehead atoms. The average molecular weight is 607 g/mol. The Balaban J connectivity index is 1.40. The van der Waals surface area contributed by atoms with Gasteiger partial charge in [-0.25, -0.2) is 13.2 Å². The van der Waals surface area contributed by atoms with E-state index in [0.717, 1.165) is 80.9 Å². The number of benzene rings is 2. The summed E-state index contributed by atoms with van der Waals surface area (Å²) in [5.41, 5.74) is -1.82. The van der Waals surface area contributed by atoms with Crippen molar-refractivity contribution in [1.82, 2.24) is 0 Å². The molecule has 4 rings (SSSR count). The molecule has 0 nitrogen and oxygen atoms in total. The van der Waals surface area contributed by atoms with Gasteiger partial charge in [-0.15, -0.1) is 0 Å². The Labute approximate surface area is 254 Å². The van der Waals surface area contributed by atoms with E-state index in [4.69, 9.17) is 0 Å². The molecule has 238 valence electrons. The van der Waals surface area contributed by atoms with Crippen molar-refractivity contribution in [2.24, 2.45) is 23.7 Å². The van der Waals surface area contributed by atoms with Gasteiger partial charge in [0.05, 0.1) is 5.56 Å². The zero-order valence-electron chi connectivity index (χ0n) is 25.9. The predicted octanol–water partition coefficient (Wildman–Crippen LogP) is 12.7. The van der Waals surface area contributed by atoms with Crippen LogP contribution in [-0.4, -0.2) is 0 Å². The van der Waals surface area contributed by atoms with Gasteiger partial charge in [0.1, 0.15) is 5.82 Å². The highest BCUT2D eigenvalue weighted by molar-refractivity contribution is 5.83. The van der Waals surface area contributed by atoms with Crippen molar-refractivity contribution in [3.8, 4) is 0 Å². The van der Waals surface area contributed by atoms with Gasteiger partial charge in [0.2, 0.25) is 0 Å². The fourth-order valence-electron chi connectivity index (χ4n) is 7.61. The van der Waals surface area contributed by atoms with Crippen LogP contribution < -0.4 is 0 Å². The fourth-order valence-corrected chi connectivity index (χ4v) is 7.61. The van der Waals surface area contributed by atoms with Crippen molar-refractivity contribution in [3.05, 3.63) is 70.0 Å². The maximum absolute atomic E-state index is 15.3. The minimum absolute atomic E-state index is 0.0663. The second kappa shape index (κ2) is 15.7. The van der Waals surface area contributed by atoms with E-state index in [1.54, 1.807) is 12.1 Å². The van der Waals surface area contributed by atoms with Gasteiger partial charge in [0.15, 0.2) is 11.7 Å². The summed E-state index contributed by atoms with van der Waals surface area (Å²) in [5.74, 6) is -2.06. The number of hydrogen-bond donors (Lipinski definition) is 0. The maximum atomic E-state index is 15.3. The van der Waals surface area contributed by atoms with Crippen molar-refractivity contribution in [2.75, 3.05) is 0 Å². The topological polar surface area (TPSA) is 0 Å². The van der Waals surface area contributed by atoms with E-state index >= 15 is 13.2 Å². The SMILES string of the molecule is CCCCCc1ccc(/C(F)=C(\F)c2ccc(CCC3CCC(C4CCC(CCC)CC4)CC3)c(C(F)(F)F)c2F)cc1. The third-order valence-corrected chi connectivity index (χ3v) is 10.2. The first-order valence-corrected chi connectivity index (χ1v) is 16.7. The van der Waals surface area contributed by atoms with Gasteiger partial charge >= 0.3 is 6.18 Å². The van der Waals surface area contributed by atoms with Crippen LogP contribution in [0.25, 0.3) is 11.7 Å². The molecule has 0 radical (unpaired) electrons. The highest BCUT2D eigenvalue weighted by atomic mass is 19.4. The molecule has 2 fully saturated rings. The summed E-state index contributed by atoms with van der Waals surface area (Å²) in [6.07, 6.45) is 11.5. The van der Waals surface area contributed by atoms with Crippen molar-refractivity contribution < 1.29 is 26.3 Å². The van der Waals surface area contributed by atoms with E-state index in [9.17, 15) is 13.2 Å². The van der Waals surface area contributed by atoms with Crippen LogP contribution in [0.1, 0.15) is 132 Å². The Morgan fingerprint density at radius 3 is 1.79 bits per heavy atom. The summed E-state index contributed by atoms with van der Waals surface area (Å²) >= 11 is 0.